The second-order valence-corrected chi connectivity index (χ2v) is 3.35. The van der Waals surface area contributed by atoms with Crippen LogP contribution in [0, 0.1) is 12.3 Å². The van der Waals surface area contributed by atoms with Gasteiger partial charge in [0.1, 0.15) is 0 Å². The minimum absolute atomic E-state index is 0.228. The Morgan fingerprint density at radius 2 is 2.27 bits per heavy atom. The van der Waals surface area contributed by atoms with Gasteiger partial charge in [0.25, 0.3) is 0 Å². The van der Waals surface area contributed by atoms with Gasteiger partial charge in [-0.25, -0.2) is 0 Å². The maximum absolute atomic E-state index is 8.80. The highest BCUT2D eigenvalue weighted by molar-refractivity contribution is 5.52. The average Bonchev–Trinajstić information content (AvgIpc) is 2.30. The largest absolute Gasteiger partial charge is 0.396 e. The molecule has 15 heavy (non-hydrogen) atoms. The molecule has 1 aromatic rings. The molecule has 0 amide bonds. The van der Waals surface area contributed by atoms with Crippen molar-refractivity contribution in [1.82, 2.24) is 0 Å². The fourth-order valence-corrected chi connectivity index (χ4v) is 1.52. The molecule has 2 heteroatoms. The van der Waals surface area contributed by atoms with Crippen LogP contribution < -0.4 is 4.90 Å². The molecule has 0 saturated heterocycles. The van der Waals surface area contributed by atoms with E-state index in [-0.39, 0.29) is 6.61 Å². The number of hydrogen-bond acceptors (Lipinski definition) is 2. The lowest BCUT2D eigenvalue weighted by Crippen LogP contribution is -2.24. The maximum Gasteiger partial charge on any atom is 0.0447 e. The Labute approximate surface area is 91.5 Å². The van der Waals surface area contributed by atoms with Gasteiger partial charge in [0.15, 0.2) is 0 Å². The number of rotatable bonds is 5. The van der Waals surface area contributed by atoms with Gasteiger partial charge in [-0.15, -0.1) is 6.42 Å². The highest BCUT2D eigenvalue weighted by Gasteiger charge is 2.03. The molecule has 0 radical (unpaired) electrons. The quantitative estimate of drug-likeness (QED) is 0.739. The number of hydrogen-bond donors (Lipinski definition) is 1. The van der Waals surface area contributed by atoms with Crippen LogP contribution in [0.15, 0.2) is 24.3 Å². The summed E-state index contributed by atoms with van der Waals surface area (Å²) in [5.41, 5.74) is 2.02. The van der Waals surface area contributed by atoms with E-state index in [4.69, 9.17) is 11.5 Å². The van der Waals surface area contributed by atoms with E-state index in [1.807, 2.05) is 24.3 Å². The number of nitrogens with zero attached hydrogens (tertiary/aromatic N) is 1. The fourth-order valence-electron chi connectivity index (χ4n) is 1.52. The summed E-state index contributed by atoms with van der Waals surface area (Å²) in [5, 5.41) is 8.80. The first-order valence-electron chi connectivity index (χ1n) is 5.24. The molecule has 0 bridgehead atoms. The Kier molecular flexibility index (Phi) is 4.73. The summed E-state index contributed by atoms with van der Waals surface area (Å²) in [4.78, 5) is 2.21. The van der Waals surface area contributed by atoms with Crippen molar-refractivity contribution in [2.75, 3.05) is 24.6 Å². The van der Waals surface area contributed by atoms with Gasteiger partial charge in [-0.05, 0) is 31.5 Å². The van der Waals surface area contributed by atoms with Gasteiger partial charge in [0.2, 0.25) is 0 Å². The van der Waals surface area contributed by atoms with Crippen LogP contribution in [0.3, 0.4) is 0 Å². The summed E-state index contributed by atoms with van der Waals surface area (Å²) in [6, 6.07) is 7.93. The molecule has 1 aromatic carbocycles. The van der Waals surface area contributed by atoms with Gasteiger partial charge in [-0.3, -0.25) is 0 Å². The summed E-state index contributed by atoms with van der Waals surface area (Å²) in [7, 11) is 0. The minimum atomic E-state index is 0.228. The third-order valence-electron chi connectivity index (χ3n) is 2.35. The van der Waals surface area contributed by atoms with Crippen molar-refractivity contribution in [2.45, 2.75) is 13.3 Å². The molecule has 0 saturated carbocycles. The number of aliphatic hydroxyl groups excluding tert-OH is 1. The Balaban J connectivity index is 2.78. The van der Waals surface area contributed by atoms with Crippen LogP contribution in [0.2, 0.25) is 0 Å². The lowest BCUT2D eigenvalue weighted by Gasteiger charge is -2.22. The summed E-state index contributed by atoms with van der Waals surface area (Å²) < 4.78 is 0. The standard InChI is InChI=1S/C13H17NO/c1-3-12-7-5-8-13(11-12)14(4-2)9-6-10-15/h1,5,7-8,11,15H,4,6,9-10H2,2H3. The Morgan fingerprint density at radius 3 is 2.87 bits per heavy atom. The maximum atomic E-state index is 8.80. The number of terminal acetylenes is 1. The SMILES string of the molecule is C#Cc1cccc(N(CC)CCCO)c1. The van der Waals surface area contributed by atoms with Crippen molar-refractivity contribution >= 4 is 5.69 Å². The van der Waals surface area contributed by atoms with Crippen LogP contribution in [0.25, 0.3) is 0 Å². The number of aliphatic hydroxyl groups is 1. The van der Waals surface area contributed by atoms with E-state index < -0.39 is 0 Å². The molecule has 0 atom stereocenters. The van der Waals surface area contributed by atoms with Crippen molar-refractivity contribution in [3.63, 3.8) is 0 Å². The van der Waals surface area contributed by atoms with Crippen molar-refractivity contribution < 1.29 is 5.11 Å². The molecular formula is C13H17NO. The molecular weight excluding hydrogens is 186 g/mol. The molecule has 80 valence electrons. The van der Waals surface area contributed by atoms with Crippen LogP contribution in [-0.2, 0) is 0 Å². The van der Waals surface area contributed by atoms with E-state index in [2.05, 4.69) is 17.7 Å². The molecule has 1 rings (SSSR count). The molecule has 0 spiro atoms. The van der Waals surface area contributed by atoms with Gasteiger partial charge < -0.3 is 10.0 Å². The van der Waals surface area contributed by atoms with E-state index in [1.54, 1.807) is 0 Å². The smallest absolute Gasteiger partial charge is 0.0447 e. The van der Waals surface area contributed by atoms with Crippen molar-refractivity contribution in [2.24, 2.45) is 0 Å². The highest BCUT2D eigenvalue weighted by atomic mass is 16.3. The molecule has 2 nitrogen and oxygen atoms in total. The van der Waals surface area contributed by atoms with Crippen molar-refractivity contribution in [1.29, 1.82) is 0 Å². The van der Waals surface area contributed by atoms with E-state index in [0.29, 0.717) is 0 Å². The normalized spacial score (nSPS) is 9.67. The molecule has 0 aromatic heterocycles. The lowest BCUT2D eigenvalue weighted by molar-refractivity contribution is 0.289. The average molecular weight is 203 g/mol. The van der Waals surface area contributed by atoms with Crippen LogP contribution in [0.5, 0.6) is 0 Å². The summed E-state index contributed by atoms with van der Waals surface area (Å²) in [5.74, 6) is 2.63. The zero-order valence-corrected chi connectivity index (χ0v) is 9.11. The van der Waals surface area contributed by atoms with Gasteiger partial charge in [-0.2, -0.15) is 0 Å². The van der Waals surface area contributed by atoms with Gasteiger partial charge in [-0.1, -0.05) is 12.0 Å². The summed E-state index contributed by atoms with van der Waals surface area (Å²) in [6.45, 7) is 4.11. The highest BCUT2D eigenvalue weighted by Crippen LogP contribution is 2.15. The Morgan fingerprint density at radius 1 is 1.47 bits per heavy atom. The summed E-state index contributed by atoms with van der Waals surface area (Å²) in [6.07, 6.45) is 6.14. The minimum Gasteiger partial charge on any atom is -0.396 e. The zero-order chi connectivity index (χ0) is 11.1. The fraction of sp³-hybridized carbons (Fsp3) is 0.385. The number of benzene rings is 1. The first-order valence-corrected chi connectivity index (χ1v) is 5.24. The molecule has 0 aliphatic carbocycles. The van der Waals surface area contributed by atoms with Gasteiger partial charge in [0, 0.05) is 30.9 Å². The number of anilines is 1. The Bertz CT molecular complexity index is 341. The van der Waals surface area contributed by atoms with Crippen LogP contribution in [0.1, 0.15) is 18.9 Å². The van der Waals surface area contributed by atoms with Crippen LogP contribution >= 0.6 is 0 Å². The molecule has 0 aliphatic heterocycles. The molecule has 0 fully saturated rings. The second-order valence-electron chi connectivity index (χ2n) is 3.35. The van der Waals surface area contributed by atoms with E-state index in [0.717, 1.165) is 30.8 Å². The third-order valence-corrected chi connectivity index (χ3v) is 2.35. The Hall–Kier alpha value is -1.46. The third kappa shape index (κ3) is 3.30. The van der Waals surface area contributed by atoms with Crippen LogP contribution in [-0.4, -0.2) is 24.8 Å². The lowest BCUT2D eigenvalue weighted by atomic mass is 10.2. The topological polar surface area (TPSA) is 23.5 Å². The monoisotopic (exact) mass is 203 g/mol. The first kappa shape index (κ1) is 11.6. The first-order chi connectivity index (χ1) is 7.31. The predicted molar refractivity (Wildman–Crippen MR) is 64.0 cm³/mol. The van der Waals surface area contributed by atoms with Crippen molar-refractivity contribution in [3.05, 3.63) is 29.8 Å². The summed E-state index contributed by atoms with van der Waals surface area (Å²) >= 11 is 0. The predicted octanol–water partition coefficient (Wildman–Crippen LogP) is 1.88. The zero-order valence-electron chi connectivity index (χ0n) is 9.11. The molecule has 0 unspecified atom stereocenters. The van der Waals surface area contributed by atoms with Gasteiger partial charge in [0.05, 0.1) is 0 Å². The van der Waals surface area contributed by atoms with Crippen LogP contribution in [0.4, 0.5) is 5.69 Å². The van der Waals surface area contributed by atoms with E-state index >= 15 is 0 Å². The van der Waals surface area contributed by atoms with E-state index in [9.17, 15) is 0 Å². The molecule has 1 N–H and O–H groups in total. The molecule has 0 aliphatic rings. The molecule has 0 heterocycles. The van der Waals surface area contributed by atoms with E-state index in [1.165, 1.54) is 0 Å². The second kappa shape index (κ2) is 6.10. The van der Waals surface area contributed by atoms with Crippen molar-refractivity contribution in [3.8, 4) is 12.3 Å². The van der Waals surface area contributed by atoms with Gasteiger partial charge >= 0.3 is 0 Å².